The zero-order valence-corrected chi connectivity index (χ0v) is 12.1. The molecule has 1 fully saturated rings. The molecule has 0 amide bonds. The predicted octanol–water partition coefficient (Wildman–Crippen LogP) is 3.98. The average molecular weight is 299 g/mol. The van der Waals surface area contributed by atoms with Gasteiger partial charge in [-0.15, -0.1) is 0 Å². The van der Waals surface area contributed by atoms with Crippen LogP contribution in [0.1, 0.15) is 31.2 Å². The molecule has 0 radical (unpaired) electrons. The van der Waals surface area contributed by atoms with Gasteiger partial charge in [-0.1, -0.05) is 42.3 Å². The number of nitrogens with zero attached hydrogens (tertiary/aromatic N) is 1. The van der Waals surface area contributed by atoms with Crippen molar-refractivity contribution < 1.29 is 4.39 Å². The number of aliphatic imine (C=N–C) groups is 1. The number of nitrogens with one attached hydrogen (secondary N) is 1. The van der Waals surface area contributed by atoms with Gasteiger partial charge >= 0.3 is 0 Å². The smallest absolute Gasteiger partial charge is 0.157 e. The third kappa shape index (κ3) is 3.06. The Labute approximate surface area is 121 Å². The third-order valence-corrected chi connectivity index (χ3v) is 5.00. The summed E-state index contributed by atoms with van der Waals surface area (Å²) >= 11 is 7.68. The topological polar surface area (TPSA) is 24.4 Å². The SMILES string of the molecule is Fc1ccc(CSC2=N[C@@H]3CCCC[C@@H]3N2)c(Cl)c1. The van der Waals surface area contributed by atoms with Crippen LogP contribution in [-0.4, -0.2) is 17.3 Å². The minimum absolute atomic E-state index is 0.291. The fourth-order valence-corrected chi connectivity index (χ4v) is 3.95. The van der Waals surface area contributed by atoms with Crippen LogP contribution in [0.2, 0.25) is 5.02 Å². The second-order valence-electron chi connectivity index (χ2n) is 5.06. The Hall–Kier alpha value is -0.740. The summed E-state index contributed by atoms with van der Waals surface area (Å²) in [6.07, 6.45) is 4.99. The van der Waals surface area contributed by atoms with Gasteiger partial charge in [0.1, 0.15) is 5.82 Å². The zero-order valence-electron chi connectivity index (χ0n) is 10.5. The molecule has 102 valence electrons. The lowest BCUT2D eigenvalue weighted by Crippen LogP contribution is -2.36. The maximum Gasteiger partial charge on any atom is 0.157 e. The van der Waals surface area contributed by atoms with E-state index in [1.54, 1.807) is 17.8 Å². The molecule has 1 aromatic rings. The highest BCUT2D eigenvalue weighted by molar-refractivity contribution is 8.13. The molecule has 3 rings (SSSR count). The molecule has 1 aliphatic heterocycles. The van der Waals surface area contributed by atoms with Crippen LogP contribution < -0.4 is 5.32 Å². The van der Waals surface area contributed by atoms with E-state index in [4.69, 9.17) is 16.6 Å². The van der Waals surface area contributed by atoms with Crippen molar-refractivity contribution in [3.05, 3.63) is 34.6 Å². The van der Waals surface area contributed by atoms with Gasteiger partial charge in [-0.25, -0.2) is 4.39 Å². The number of fused-ring (bicyclic) bond motifs is 1. The quantitative estimate of drug-likeness (QED) is 0.893. The molecular weight excluding hydrogens is 283 g/mol. The minimum Gasteiger partial charge on any atom is -0.360 e. The molecule has 0 bridgehead atoms. The summed E-state index contributed by atoms with van der Waals surface area (Å²) in [5.74, 6) is 0.436. The van der Waals surface area contributed by atoms with Gasteiger partial charge < -0.3 is 5.32 Å². The second kappa shape index (κ2) is 5.71. The first-order chi connectivity index (χ1) is 9.22. The van der Waals surface area contributed by atoms with Crippen molar-refractivity contribution in [1.82, 2.24) is 5.32 Å². The molecule has 2 nitrogen and oxygen atoms in total. The van der Waals surface area contributed by atoms with Gasteiger partial charge in [0.2, 0.25) is 0 Å². The van der Waals surface area contributed by atoms with Crippen molar-refractivity contribution in [2.75, 3.05) is 0 Å². The molecule has 1 aliphatic carbocycles. The van der Waals surface area contributed by atoms with E-state index in [0.29, 0.717) is 17.1 Å². The molecule has 1 saturated carbocycles. The van der Waals surface area contributed by atoms with Crippen molar-refractivity contribution in [3.8, 4) is 0 Å². The Morgan fingerprint density at radius 3 is 3.00 bits per heavy atom. The second-order valence-corrected chi connectivity index (χ2v) is 6.43. The summed E-state index contributed by atoms with van der Waals surface area (Å²) < 4.78 is 13.0. The number of benzene rings is 1. The van der Waals surface area contributed by atoms with E-state index in [1.165, 1.54) is 37.8 Å². The monoisotopic (exact) mass is 298 g/mol. The van der Waals surface area contributed by atoms with E-state index in [-0.39, 0.29) is 5.82 Å². The molecular formula is C14H16ClFN2S. The Balaban J connectivity index is 1.60. The van der Waals surface area contributed by atoms with Crippen LogP contribution in [0.3, 0.4) is 0 Å². The van der Waals surface area contributed by atoms with Gasteiger partial charge in [-0.2, -0.15) is 0 Å². The van der Waals surface area contributed by atoms with Crippen molar-refractivity contribution in [1.29, 1.82) is 0 Å². The van der Waals surface area contributed by atoms with Crippen LogP contribution in [0.4, 0.5) is 4.39 Å². The highest BCUT2D eigenvalue weighted by Crippen LogP contribution is 2.29. The number of hydrogen-bond acceptors (Lipinski definition) is 3. The van der Waals surface area contributed by atoms with Crippen LogP contribution in [0.5, 0.6) is 0 Å². The third-order valence-electron chi connectivity index (χ3n) is 3.70. The van der Waals surface area contributed by atoms with E-state index in [1.807, 2.05) is 0 Å². The number of thioether (sulfide) groups is 1. The van der Waals surface area contributed by atoms with E-state index >= 15 is 0 Å². The van der Waals surface area contributed by atoms with Crippen LogP contribution in [-0.2, 0) is 5.75 Å². The molecule has 2 atom stereocenters. The summed E-state index contributed by atoms with van der Waals surface area (Å²) in [7, 11) is 0. The van der Waals surface area contributed by atoms with Crippen LogP contribution in [0, 0.1) is 5.82 Å². The molecule has 1 aromatic carbocycles. The highest BCUT2D eigenvalue weighted by atomic mass is 35.5. The lowest BCUT2D eigenvalue weighted by molar-refractivity contribution is 0.385. The number of amidine groups is 1. The van der Waals surface area contributed by atoms with Gasteiger partial charge in [0, 0.05) is 10.8 Å². The fourth-order valence-electron chi connectivity index (χ4n) is 2.64. The number of rotatable bonds is 2. The van der Waals surface area contributed by atoms with Gasteiger partial charge in [-0.05, 0) is 30.5 Å². The van der Waals surface area contributed by atoms with E-state index in [0.717, 1.165) is 16.5 Å². The summed E-state index contributed by atoms with van der Waals surface area (Å²) in [4.78, 5) is 4.72. The highest BCUT2D eigenvalue weighted by Gasteiger charge is 2.30. The molecule has 19 heavy (non-hydrogen) atoms. The van der Waals surface area contributed by atoms with E-state index in [2.05, 4.69) is 5.32 Å². The molecule has 5 heteroatoms. The summed E-state index contributed by atoms with van der Waals surface area (Å²) in [5, 5.41) is 4.99. The normalized spacial score (nSPS) is 25.7. The molecule has 0 saturated heterocycles. The molecule has 0 aromatic heterocycles. The first-order valence-electron chi connectivity index (χ1n) is 6.63. The standard InChI is InChI=1S/C14H16ClFN2S/c15-11-7-10(16)6-5-9(11)8-19-14-17-12-3-1-2-4-13(12)18-14/h5-7,12-13H,1-4,8H2,(H,17,18)/t12-,13+. The maximum atomic E-state index is 13.0. The first-order valence-corrected chi connectivity index (χ1v) is 8.00. The van der Waals surface area contributed by atoms with Crippen molar-refractivity contribution in [3.63, 3.8) is 0 Å². The molecule has 0 unspecified atom stereocenters. The van der Waals surface area contributed by atoms with Crippen LogP contribution in [0.15, 0.2) is 23.2 Å². The van der Waals surface area contributed by atoms with Crippen LogP contribution >= 0.6 is 23.4 Å². The Kier molecular flexibility index (Phi) is 3.99. The lowest BCUT2D eigenvalue weighted by Gasteiger charge is -2.23. The summed E-state index contributed by atoms with van der Waals surface area (Å²) in [6.45, 7) is 0. The maximum absolute atomic E-state index is 13.0. The zero-order chi connectivity index (χ0) is 13.2. The van der Waals surface area contributed by atoms with Crippen molar-refractivity contribution in [2.45, 2.75) is 43.5 Å². The largest absolute Gasteiger partial charge is 0.360 e. The van der Waals surface area contributed by atoms with E-state index < -0.39 is 0 Å². The average Bonchev–Trinajstić information content (AvgIpc) is 2.80. The van der Waals surface area contributed by atoms with Crippen molar-refractivity contribution >= 4 is 28.5 Å². The lowest BCUT2D eigenvalue weighted by atomic mass is 9.92. The number of hydrogen-bond donors (Lipinski definition) is 1. The van der Waals surface area contributed by atoms with Gasteiger partial charge in [0.05, 0.1) is 12.1 Å². The number of halogens is 2. The molecule has 1 N–H and O–H groups in total. The van der Waals surface area contributed by atoms with E-state index in [9.17, 15) is 4.39 Å². The Bertz CT molecular complexity index is 506. The van der Waals surface area contributed by atoms with Gasteiger partial charge in [0.15, 0.2) is 5.17 Å². The molecule has 1 heterocycles. The van der Waals surface area contributed by atoms with Gasteiger partial charge in [-0.3, -0.25) is 4.99 Å². The summed E-state index contributed by atoms with van der Waals surface area (Å²) in [6, 6.07) is 5.54. The van der Waals surface area contributed by atoms with Crippen molar-refractivity contribution in [2.24, 2.45) is 4.99 Å². The van der Waals surface area contributed by atoms with Crippen LogP contribution in [0.25, 0.3) is 0 Å². The fraction of sp³-hybridized carbons (Fsp3) is 0.500. The molecule has 0 spiro atoms. The van der Waals surface area contributed by atoms with Gasteiger partial charge in [0.25, 0.3) is 0 Å². The summed E-state index contributed by atoms with van der Waals surface area (Å²) in [5.41, 5.74) is 0.951. The minimum atomic E-state index is -0.291. The predicted molar refractivity (Wildman–Crippen MR) is 79.3 cm³/mol. The molecule has 2 aliphatic rings. The Morgan fingerprint density at radius 2 is 2.21 bits per heavy atom. The Morgan fingerprint density at radius 1 is 1.37 bits per heavy atom. The first kappa shape index (κ1) is 13.3.